The lowest BCUT2D eigenvalue weighted by molar-refractivity contribution is -0.138. The van der Waals surface area contributed by atoms with Crippen LogP contribution in [0.25, 0.3) is 0 Å². The van der Waals surface area contributed by atoms with Gasteiger partial charge >= 0.3 is 18.3 Å². The van der Waals surface area contributed by atoms with E-state index in [0.29, 0.717) is 5.56 Å². The molecule has 0 aromatic heterocycles. The molecule has 0 unspecified atom stereocenters. The van der Waals surface area contributed by atoms with Gasteiger partial charge in [0.1, 0.15) is 28.6 Å². The number of ether oxygens (including phenoxy) is 3. The summed E-state index contributed by atoms with van der Waals surface area (Å²) >= 11 is 0. The SMILES string of the molecule is CCOC(=O)c1c(C)cc(Oc2ccc(C(F)(F)F)cc2)cc1Oc1ccc(C(F)(F)F)cc1. The van der Waals surface area contributed by atoms with Crippen molar-refractivity contribution in [3.05, 3.63) is 82.9 Å². The summed E-state index contributed by atoms with van der Waals surface area (Å²) in [7, 11) is 0. The number of halogens is 6. The lowest BCUT2D eigenvalue weighted by Crippen LogP contribution is -2.09. The maximum absolute atomic E-state index is 12.8. The van der Waals surface area contributed by atoms with Crippen LogP contribution in [-0.4, -0.2) is 12.6 Å². The van der Waals surface area contributed by atoms with E-state index in [0.717, 1.165) is 48.5 Å². The molecule has 180 valence electrons. The zero-order valence-corrected chi connectivity index (χ0v) is 17.9. The summed E-state index contributed by atoms with van der Waals surface area (Å²) in [4.78, 5) is 12.5. The van der Waals surface area contributed by atoms with Gasteiger partial charge in [-0.15, -0.1) is 0 Å². The van der Waals surface area contributed by atoms with Gasteiger partial charge in [-0.2, -0.15) is 26.3 Å². The highest BCUT2D eigenvalue weighted by molar-refractivity contribution is 5.94. The van der Waals surface area contributed by atoms with Crippen molar-refractivity contribution in [3.63, 3.8) is 0 Å². The van der Waals surface area contributed by atoms with Crippen molar-refractivity contribution in [2.24, 2.45) is 0 Å². The average molecular weight is 484 g/mol. The smallest absolute Gasteiger partial charge is 0.416 e. The van der Waals surface area contributed by atoms with Gasteiger partial charge in [0.2, 0.25) is 0 Å². The highest BCUT2D eigenvalue weighted by Gasteiger charge is 2.31. The number of carbonyl (C=O) groups excluding carboxylic acids is 1. The Kier molecular flexibility index (Phi) is 7.09. The maximum atomic E-state index is 12.8. The Labute approximate surface area is 190 Å². The third-order valence-corrected chi connectivity index (χ3v) is 4.58. The monoisotopic (exact) mass is 484 g/mol. The molecule has 0 N–H and O–H groups in total. The van der Waals surface area contributed by atoms with Crippen LogP contribution in [0.1, 0.15) is 34.0 Å². The van der Waals surface area contributed by atoms with Crippen molar-refractivity contribution >= 4 is 5.97 Å². The molecule has 0 saturated carbocycles. The number of aryl methyl sites for hydroxylation is 1. The van der Waals surface area contributed by atoms with Crippen LogP contribution in [0.5, 0.6) is 23.0 Å². The van der Waals surface area contributed by atoms with Gasteiger partial charge in [0.25, 0.3) is 0 Å². The van der Waals surface area contributed by atoms with E-state index in [1.54, 1.807) is 13.8 Å². The molecule has 0 atom stereocenters. The third-order valence-electron chi connectivity index (χ3n) is 4.58. The number of hydrogen-bond acceptors (Lipinski definition) is 4. The van der Waals surface area contributed by atoms with Crippen LogP contribution in [0, 0.1) is 6.92 Å². The second-order valence-electron chi connectivity index (χ2n) is 7.08. The van der Waals surface area contributed by atoms with Crippen molar-refractivity contribution in [2.45, 2.75) is 26.2 Å². The Bertz CT molecular complexity index is 1150. The average Bonchev–Trinajstić information content (AvgIpc) is 2.73. The number of esters is 1. The van der Waals surface area contributed by atoms with Crippen LogP contribution in [0.2, 0.25) is 0 Å². The second-order valence-corrected chi connectivity index (χ2v) is 7.08. The molecule has 0 aliphatic rings. The number of rotatable bonds is 6. The first-order chi connectivity index (χ1) is 15.9. The zero-order chi connectivity index (χ0) is 25.1. The predicted molar refractivity (Wildman–Crippen MR) is 110 cm³/mol. The van der Waals surface area contributed by atoms with E-state index in [1.807, 2.05) is 0 Å². The van der Waals surface area contributed by atoms with Crippen molar-refractivity contribution in [3.8, 4) is 23.0 Å². The number of hydrogen-bond donors (Lipinski definition) is 0. The fraction of sp³-hybridized carbons (Fsp3) is 0.208. The summed E-state index contributed by atoms with van der Waals surface area (Å²) < 4.78 is 93.1. The van der Waals surface area contributed by atoms with E-state index in [9.17, 15) is 31.1 Å². The first-order valence-corrected chi connectivity index (χ1v) is 9.90. The third kappa shape index (κ3) is 6.00. The molecular formula is C24H18F6O4. The van der Waals surface area contributed by atoms with E-state index < -0.39 is 29.4 Å². The largest absolute Gasteiger partial charge is 0.462 e. The number of carbonyl (C=O) groups is 1. The van der Waals surface area contributed by atoms with Crippen LogP contribution in [0.15, 0.2) is 60.7 Å². The zero-order valence-electron chi connectivity index (χ0n) is 17.9. The summed E-state index contributed by atoms with van der Waals surface area (Å²) in [6.07, 6.45) is -9.03. The van der Waals surface area contributed by atoms with Gasteiger partial charge in [-0.25, -0.2) is 4.79 Å². The Morgan fingerprint density at radius 1 is 0.735 bits per heavy atom. The summed E-state index contributed by atoms with van der Waals surface area (Å²) in [6, 6.07) is 10.6. The minimum atomic E-state index is -4.53. The molecule has 4 nitrogen and oxygen atoms in total. The van der Waals surface area contributed by atoms with Crippen LogP contribution in [0.4, 0.5) is 26.3 Å². The molecule has 0 fully saturated rings. The van der Waals surface area contributed by atoms with Gasteiger partial charge in [0.15, 0.2) is 0 Å². The normalized spacial score (nSPS) is 11.8. The quantitative estimate of drug-likeness (QED) is 0.265. The van der Waals surface area contributed by atoms with E-state index in [1.165, 1.54) is 12.1 Å². The summed E-state index contributed by atoms with van der Waals surface area (Å²) in [5.74, 6) is -0.531. The van der Waals surface area contributed by atoms with Crippen LogP contribution >= 0.6 is 0 Å². The number of alkyl halides is 6. The first-order valence-electron chi connectivity index (χ1n) is 9.90. The van der Waals surface area contributed by atoms with Crippen molar-refractivity contribution in [1.29, 1.82) is 0 Å². The lowest BCUT2D eigenvalue weighted by atomic mass is 10.1. The minimum absolute atomic E-state index is 0.0182. The second kappa shape index (κ2) is 9.66. The molecule has 34 heavy (non-hydrogen) atoms. The highest BCUT2D eigenvalue weighted by Crippen LogP contribution is 2.37. The fourth-order valence-corrected chi connectivity index (χ4v) is 3.01. The van der Waals surface area contributed by atoms with Gasteiger partial charge in [-0.3, -0.25) is 0 Å². The topological polar surface area (TPSA) is 44.8 Å². The van der Waals surface area contributed by atoms with Gasteiger partial charge in [0.05, 0.1) is 17.7 Å². The van der Waals surface area contributed by atoms with Gasteiger partial charge < -0.3 is 14.2 Å². The van der Waals surface area contributed by atoms with E-state index in [4.69, 9.17) is 14.2 Å². The molecule has 3 aromatic carbocycles. The van der Waals surface area contributed by atoms with Crippen LogP contribution in [-0.2, 0) is 17.1 Å². The van der Waals surface area contributed by atoms with Gasteiger partial charge in [0, 0.05) is 6.07 Å². The van der Waals surface area contributed by atoms with Gasteiger partial charge in [-0.1, -0.05) is 0 Å². The molecule has 0 saturated heterocycles. The molecule has 0 spiro atoms. The maximum Gasteiger partial charge on any atom is 0.416 e. The molecule has 0 radical (unpaired) electrons. The first kappa shape index (κ1) is 24.9. The van der Waals surface area contributed by atoms with Crippen molar-refractivity contribution < 1.29 is 45.3 Å². The fourth-order valence-electron chi connectivity index (χ4n) is 3.01. The molecule has 0 aliphatic carbocycles. The predicted octanol–water partition coefficient (Wildman–Crippen LogP) is 7.79. The van der Waals surface area contributed by atoms with E-state index >= 15 is 0 Å². The Hall–Kier alpha value is -3.69. The Morgan fingerprint density at radius 2 is 1.21 bits per heavy atom. The van der Waals surface area contributed by atoms with Crippen LogP contribution < -0.4 is 9.47 Å². The molecule has 0 amide bonds. The van der Waals surface area contributed by atoms with Crippen molar-refractivity contribution in [1.82, 2.24) is 0 Å². The highest BCUT2D eigenvalue weighted by atomic mass is 19.4. The lowest BCUT2D eigenvalue weighted by Gasteiger charge is -2.16. The van der Waals surface area contributed by atoms with E-state index in [2.05, 4.69) is 0 Å². The molecule has 0 heterocycles. The summed E-state index contributed by atoms with van der Waals surface area (Å²) in [5.41, 5.74) is -1.33. The van der Waals surface area contributed by atoms with E-state index in [-0.39, 0.29) is 35.2 Å². The Morgan fingerprint density at radius 3 is 1.65 bits per heavy atom. The summed E-state index contributed by atoms with van der Waals surface area (Å²) in [5, 5.41) is 0. The molecular weight excluding hydrogens is 466 g/mol. The van der Waals surface area contributed by atoms with Gasteiger partial charge in [-0.05, 0) is 74.0 Å². The summed E-state index contributed by atoms with van der Waals surface area (Å²) in [6.45, 7) is 3.24. The van der Waals surface area contributed by atoms with Crippen LogP contribution in [0.3, 0.4) is 0 Å². The number of benzene rings is 3. The molecule has 10 heteroatoms. The standard InChI is InChI=1S/C24H18F6O4/c1-3-32-22(31)21-14(2)12-19(33-17-8-4-15(5-9-17)23(25,26)27)13-20(21)34-18-10-6-16(7-11-18)24(28,29)30/h4-13H,3H2,1-2H3. The molecule has 3 aromatic rings. The Balaban J connectivity index is 1.95. The minimum Gasteiger partial charge on any atom is -0.462 e. The molecule has 0 bridgehead atoms. The molecule has 0 aliphatic heterocycles. The molecule has 3 rings (SSSR count). The van der Waals surface area contributed by atoms with Crippen molar-refractivity contribution in [2.75, 3.05) is 6.61 Å².